The van der Waals surface area contributed by atoms with Gasteiger partial charge in [-0.3, -0.25) is 4.79 Å². The standard InChI is InChI=1S/C39H56ClNO4/c1-24(2)32-28(42)22-39(20-21-41(34(44)45)23-25-8-10-26(40)11-9-25)19-18-37(6)27(33(32)39)12-13-30-36(5)16-15-31(43)35(3,4)29(36)14-17-38(30,37)7/h8-11,24,27,29-31,43H,12-23H2,1-7H3,(H,44,45)/t27-,29+,30-,31+,36+,37-,38-,39-/m1/s1. The molecule has 0 saturated heterocycles. The number of amides is 1. The minimum atomic E-state index is -0.917. The van der Waals surface area contributed by atoms with Gasteiger partial charge in [0.2, 0.25) is 0 Å². The first-order chi connectivity index (χ1) is 21.0. The quantitative estimate of drug-likeness (QED) is 0.326. The number of benzene rings is 1. The van der Waals surface area contributed by atoms with E-state index in [2.05, 4.69) is 48.5 Å². The molecule has 2 N–H and O–H groups in total. The highest BCUT2D eigenvalue weighted by Crippen LogP contribution is 2.77. The SMILES string of the molecule is CC(C)C1=C2[C@H]3CC[C@@H]4[C@@]5(C)CC[C@H](O)C(C)(C)[C@@H]5CC[C@@]4(C)[C@]3(C)CC[C@@]2(CCN(Cc2ccc(Cl)cc2)C(=O)O)CC1=O. The Morgan fingerprint density at radius 3 is 2.27 bits per heavy atom. The summed E-state index contributed by atoms with van der Waals surface area (Å²) in [6, 6.07) is 7.41. The molecule has 0 aromatic heterocycles. The van der Waals surface area contributed by atoms with Gasteiger partial charge in [0.25, 0.3) is 0 Å². The second-order valence-electron chi connectivity index (χ2n) is 17.4. The van der Waals surface area contributed by atoms with E-state index in [1.54, 1.807) is 0 Å². The van der Waals surface area contributed by atoms with Gasteiger partial charge in [-0.05, 0) is 126 Å². The van der Waals surface area contributed by atoms with Gasteiger partial charge in [-0.25, -0.2) is 4.79 Å². The molecule has 6 heteroatoms. The first kappa shape index (κ1) is 33.1. The number of carbonyl (C=O) groups is 2. The summed E-state index contributed by atoms with van der Waals surface area (Å²) in [5, 5.41) is 21.9. The monoisotopic (exact) mass is 637 g/mol. The highest BCUT2D eigenvalue weighted by atomic mass is 35.5. The van der Waals surface area contributed by atoms with Gasteiger partial charge in [0.15, 0.2) is 5.78 Å². The Balaban J connectivity index is 1.33. The van der Waals surface area contributed by atoms with E-state index >= 15 is 0 Å². The minimum absolute atomic E-state index is 0.0684. The number of aliphatic hydroxyl groups excluding tert-OH is 1. The average molecular weight is 638 g/mol. The van der Waals surface area contributed by atoms with Crippen molar-refractivity contribution in [1.82, 2.24) is 4.90 Å². The van der Waals surface area contributed by atoms with Crippen molar-refractivity contribution in [3.8, 4) is 0 Å². The maximum Gasteiger partial charge on any atom is 0.407 e. The van der Waals surface area contributed by atoms with Crippen LogP contribution in [0.5, 0.6) is 0 Å². The molecule has 0 radical (unpaired) electrons. The molecular weight excluding hydrogens is 582 g/mol. The molecule has 5 aliphatic carbocycles. The number of allylic oxidation sites excluding steroid dienone is 2. The van der Waals surface area contributed by atoms with Crippen molar-refractivity contribution in [2.75, 3.05) is 6.54 Å². The van der Waals surface area contributed by atoms with E-state index in [0.29, 0.717) is 54.5 Å². The van der Waals surface area contributed by atoms with E-state index in [1.165, 1.54) is 23.3 Å². The molecule has 5 nitrogen and oxygen atoms in total. The molecule has 1 aromatic carbocycles. The fourth-order valence-electron chi connectivity index (χ4n) is 12.4. The molecule has 0 heterocycles. The van der Waals surface area contributed by atoms with Crippen molar-refractivity contribution >= 4 is 23.5 Å². The Morgan fingerprint density at radius 2 is 1.62 bits per heavy atom. The van der Waals surface area contributed by atoms with E-state index in [9.17, 15) is 19.8 Å². The van der Waals surface area contributed by atoms with Gasteiger partial charge >= 0.3 is 6.09 Å². The molecule has 4 saturated carbocycles. The Morgan fingerprint density at radius 1 is 0.933 bits per heavy atom. The third kappa shape index (κ3) is 4.87. The van der Waals surface area contributed by atoms with Gasteiger partial charge in [0.1, 0.15) is 0 Å². The molecule has 6 rings (SSSR count). The summed E-state index contributed by atoms with van der Waals surface area (Å²) >= 11 is 6.09. The van der Waals surface area contributed by atoms with Crippen molar-refractivity contribution in [2.45, 2.75) is 125 Å². The Labute approximate surface area is 276 Å². The zero-order valence-corrected chi connectivity index (χ0v) is 29.5. The lowest BCUT2D eigenvalue weighted by atomic mass is 9.33. The van der Waals surface area contributed by atoms with Crippen LogP contribution in [0.25, 0.3) is 0 Å². The zero-order chi connectivity index (χ0) is 32.7. The van der Waals surface area contributed by atoms with Gasteiger partial charge in [-0.15, -0.1) is 0 Å². The lowest BCUT2D eigenvalue weighted by molar-refractivity contribution is -0.228. The molecule has 1 aromatic rings. The summed E-state index contributed by atoms with van der Waals surface area (Å²) in [5.41, 5.74) is 3.54. The first-order valence-electron chi connectivity index (χ1n) is 17.7. The number of fused-ring (bicyclic) bond motifs is 7. The molecule has 0 aliphatic heterocycles. The molecule has 5 aliphatic rings. The molecule has 0 spiro atoms. The topological polar surface area (TPSA) is 77.8 Å². The number of ketones is 1. The Kier molecular flexibility index (Phi) is 8.16. The number of nitrogens with zero attached hydrogens (tertiary/aromatic N) is 1. The normalized spacial score (nSPS) is 40.4. The van der Waals surface area contributed by atoms with E-state index in [-0.39, 0.29) is 39.1 Å². The number of carbonyl (C=O) groups excluding carboxylic acids is 1. The zero-order valence-electron chi connectivity index (χ0n) is 28.7. The van der Waals surface area contributed by atoms with Crippen LogP contribution in [-0.2, 0) is 11.3 Å². The molecule has 248 valence electrons. The van der Waals surface area contributed by atoms with Crippen LogP contribution in [0.1, 0.15) is 118 Å². The number of aliphatic hydroxyl groups is 1. The number of rotatable bonds is 6. The largest absolute Gasteiger partial charge is 0.465 e. The fraction of sp³-hybridized carbons (Fsp3) is 0.744. The van der Waals surface area contributed by atoms with Crippen molar-refractivity contribution in [1.29, 1.82) is 0 Å². The van der Waals surface area contributed by atoms with Crippen molar-refractivity contribution in [3.05, 3.63) is 46.0 Å². The molecule has 0 bridgehead atoms. The first-order valence-corrected chi connectivity index (χ1v) is 18.1. The van der Waals surface area contributed by atoms with Gasteiger partial charge in [-0.1, -0.05) is 77.8 Å². The van der Waals surface area contributed by atoms with Crippen LogP contribution in [0.4, 0.5) is 4.79 Å². The maximum atomic E-state index is 13.9. The Bertz CT molecular complexity index is 1380. The molecular formula is C39H56ClNO4. The van der Waals surface area contributed by atoms with E-state index in [0.717, 1.165) is 49.7 Å². The predicted molar refractivity (Wildman–Crippen MR) is 180 cm³/mol. The van der Waals surface area contributed by atoms with Gasteiger partial charge in [0.05, 0.1) is 6.10 Å². The number of hydrogen-bond donors (Lipinski definition) is 2. The second kappa shape index (κ2) is 11.1. The highest BCUT2D eigenvalue weighted by molar-refractivity contribution is 6.30. The summed E-state index contributed by atoms with van der Waals surface area (Å²) in [5.74, 6) is 1.95. The van der Waals surface area contributed by atoms with Crippen LogP contribution in [0.15, 0.2) is 35.4 Å². The Hall–Kier alpha value is -1.85. The third-order valence-corrected chi connectivity index (χ3v) is 15.2. The molecule has 45 heavy (non-hydrogen) atoms. The number of halogens is 1. The van der Waals surface area contributed by atoms with Crippen molar-refractivity contribution in [3.63, 3.8) is 0 Å². The lowest BCUT2D eigenvalue weighted by Gasteiger charge is -2.72. The van der Waals surface area contributed by atoms with E-state index in [4.69, 9.17) is 11.6 Å². The highest BCUT2D eigenvalue weighted by Gasteiger charge is 2.69. The number of carboxylic acid groups (broad SMARTS) is 1. The van der Waals surface area contributed by atoms with Crippen molar-refractivity contribution < 1.29 is 19.8 Å². The van der Waals surface area contributed by atoms with E-state index < -0.39 is 6.09 Å². The van der Waals surface area contributed by atoms with Crippen LogP contribution in [-0.4, -0.2) is 39.6 Å². The molecule has 0 unspecified atom stereocenters. The minimum Gasteiger partial charge on any atom is -0.465 e. The van der Waals surface area contributed by atoms with Crippen molar-refractivity contribution in [2.24, 2.45) is 50.7 Å². The smallest absolute Gasteiger partial charge is 0.407 e. The van der Waals surface area contributed by atoms with Crippen LogP contribution < -0.4 is 0 Å². The second-order valence-corrected chi connectivity index (χ2v) is 17.9. The third-order valence-electron chi connectivity index (χ3n) is 15.0. The van der Waals surface area contributed by atoms with Crippen LogP contribution in [0.3, 0.4) is 0 Å². The molecule has 8 atom stereocenters. The average Bonchev–Trinajstić information content (AvgIpc) is 3.27. The summed E-state index contributed by atoms with van der Waals surface area (Å²) in [6.45, 7) is 17.4. The van der Waals surface area contributed by atoms with Gasteiger partial charge < -0.3 is 15.1 Å². The van der Waals surface area contributed by atoms with Crippen LogP contribution >= 0.6 is 11.6 Å². The summed E-state index contributed by atoms with van der Waals surface area (Å²) in [6.07, 6.45) is 8.74. The van der Waals surface area contributed by atoms with E-state index in [1.807, 2.05) is 24.3 Å². The molecule has 4 fully saturated rings. The number of hydrogen-bond acceptors (Lipinski definition) is 3. The maximum absolute atomic E-state index is 13.9. The van der Waals surface area contributed by atoms with Gasteiger partial charge in [0, 0.05) is 29.9 Å². The summed E-state index contributed by atoms with van der Waals surface area (Å²) in [4.78, 5) is 27.9. The molecule has 1 amide bonds. The predicted octanol–water partition coefficient (Wildman–Crippen LogP) is 9.55. The summed E-state index contributed by atoms with van der Waals surface area (Å²) < 4.78 is 0. The fourth-order valence-corrected chi connectivity index (χ4v) is 12.6. The van der Waals surface area contributed by atoms with Crippen LogP contribution in [0, 0.1) is 50.7 Å². The summed E-state index contributed by atoms with van der Waals surface area (Å²) in [7, 11) is 0. The lowest BCUT2D eigenvalue weighted by Crippen LogP contribution is -2.65. The number of Topliss-reactive ketones (excluding diaryl/α,β-unsaturated/α-hetero) is 1. The van der Waals surface area contributed by atoms with Crippen LogP contribution in [0.2, 0.25) is 5.02 Å². The van der Waals surface area contributed by atoms with Gasteiger partial charge in [-0.2, -0.15) is 0 Å².